The van der Waals surface area contributed by atoms with Crippen LogP contribution in [0, 0.1) is 5.41 Å². The van der Waals surface area contributed by atoms with Gasteiger partial charge in [0.05, 0.1) is 11.5 Å². The van der Waals surface area contributed by atoms with Gasteiger partial charge < -0.3 is 10.1 Å². The molecule has 0 bridgehead atoms. The van der Waals surface area contributed by atoms with Gasteiger partial charge in [-0.3, -0.25) is 9.69 Å². The second-order valence-electron chi connectivity index (χ2n) is 9.18. The van der Waals surface area contributed by atoms with Crippen LogP contribution in [0.2, 0.25) is 5.02 Å². The first kappa shape index (κ1) is 22.2. The number of benzene rings is 2. The van der Waals surface area contributed by atoms with Gasteiger partial charge >= 0.3 is 0 Å². The summed E-state index contributed by atoms with van der Waals surface area (Å²) in [5, 5.41) is 4.03. The number of rotatable bonds is 2. The predicted octanol–water partition coefficient (Wildman–Crippen LogP) is 5.23. The number of piperidine rings is 1. The van der Waals surface area contributed by atoms with Crippen molar-refractivity contribution in [2.24, 2.45) is 5.41 Å². The summed E-state index contributed by atoms with van der Waals surface area (Å²) in [6, 6.07) is 16.4. The van der Waals surface area contributed by atoms with Crippen molar-refractivity contribution >= 4 is 17.5 Å². The largest absolute Gasteiger partial charge is 0.491 e. The lowest BCUT2D eigenvalue weighted by molar-refractivity contribution is -0.135. The second kappa shape index (κ2) is 10.1. The van der Waals surface area contributed by atoms with Gasteiger partial charge in [0.2, 0.25) is 5.91 Å². The number of ether oxygens (including phenoxy) is 1. The van der Waals surface area contributed by atoms with E-state index >= 15 is 0 Å². The SMILES string of the molecule is C[C@H]1COc2ccccc2CCCCC2(CCN(Cc3ccc(Cl)cc3)CC2)C(=O)N1. The number of carbonyl (C=O) groups is 1. The fourth-order valence-corrected chi connectivity index (χ4v) is 4.97. The number of para-hydroxylation sites is 1. The first-order chi connectivity index (χ1) is 15.0. The molecule has 4 nitrogen and oxygen atoms in total. The molecule has 5 heteroatoms. The Morgan fingerprint density at radius 3 is 2.58 bits per heavy atom. The van der Waals surface area contributed by atoms with E-state index in [4.69, 9.17) is 16.3 Å². The van der Waals surface area contributed by atoms with Gasteiger partial charge in [0.25, 0.3) is 0 Å². The average molecular weight is 441 g/mol. The summed E-state index contributed by atoms with van der Waals surface area (Å²) in [4.78, 5) is 15.8. The molecule has 31 heavy (non-hydrogen) atoms. The number of carbonyl (C=O) groups excluding carboxylic acids is 1. The second-order valence-corrected chi connectivity index (χ2v) is 9.62. The highest BCUT2D eigenvalue weighted by Crippen LogP contribution is 2.38. The molecule has 0 aliphatic carbocycles. The molecule has 1 spiro atoms. The van der Waals surface area contributed by atoms with Crippen LogP contribution in [0.4, 0.5) is 0 Å². The van der Waals surface area contributed by atoms with E-state index < -0.39 is 0 Å². The molecule has 1 fully saturated rings. The Kier molecular flexibility index (Phi) is 7.19. The maximum Gasteiger partial charge on any atom is 0.226 e. The molecule has 1 amide bonds. The molecule has 1 saturated heterocycles. The Bertz CT molecular complexity index is 875. The molecule has 0 unspecified atom stereocenters. The van der Waals surface area contributed by atoms with Gasteiger partial charge in [0.1, 0.15) is 12.4 Å². The lowest BCUT2D eigenvalue weighted by Gasteiger charge is -2.41. The van der Waals surface area contributed by atoms with Gasteiger partial charge in [-0.25, -0.2) is 0 Å². The van der Waals surface area contributed by atoms with Crippen LogP contribution >= 0.6 is 11.6 Å². The summed E-state index contributed by atoms with van der Waals surface area (Å²) >= 11 is 6.02. The highest BCUT2D eigenvalue weighted by molar-refractivity contribution is 6.30. The van der Waals surface area contributed by atoms with Gasteiger partial charge in [-0.15, -0.1) is 0 Å². The van der Waals surface area contributed by atoms with Gasteiger partial charge in [-0.05, 0) is 81.4 Å². The molecule has 0 aromatic heterocycles. The monoisotopic (exact) mass is 440 g/mol. The zero-order chi connectivity index (χ0) is 21.7. The Labute approximate surface area is 190 Å². The summed E-state index contributed by atoms with van der Waals surface area (Å²) < 4.78 is 6.06. The molecule has 1 atom stereocenters. The number of amides is 1. The molecule has 2 aromatic carbocycles. The summed E-state index contributed by atoms with van der Waals surface area (Å²) in [5.74, 6) is 1.16. The van der Waals surface area contributed by atoms with Crippen LogP contribution in [0.25, 0.3) is 0 Å². The van der Waals surface area contributed by atoms with Crippen molar-refractivity contribution in [3.63, 3.8) is 0 Å². The molecule has 1 N–H and O–H groups in total. The zero-order valence-corrected chi connectivity index (χ0v) is 19.2. The lowest BCUT2D eigenvalue weighted by Crippen LogP contribution is -2.51. The molecule has 2 aliphatic rings. The number of likely N-dealkylation sites (tertiary alicyclic amines) is 1. The third-order valence-electron chi connectivity index (χ3n) is 6.80. The number of halogens is 1. The van der Waals surface area contributed by atoms with E-state index in [9.17, 15) is 4.79 Å². The van der Waals surface area contributed by atoms with Crippen molar-refractivity contribution in [3.8, 4) is 5.75 Å². The molecular formula is C26H33ClN2O2. The van der Waals surface area contributed by atoms with Gasteiger partial charge in [-0.1, -0.05) is 48.4 Å². The van der Waals surface area contributed by atoms with Crippen molar-refractivity contribution in [1.29, 1.82) is 0 Å². The van der Waals surface area contributed by atoms with Crippen LogP contribution in [-0.4, -0.2) is 36.5 Å². The van der Waals surface area contributed by atoms with Crippen LogP contribution in [0.5, 0.6) is 5.75 Å². The molecule has 0 radical (unpaired) electrons. The quantitative estimate of drug-likeness (QED) is 0.694. The third-order valence-corrected chi connectivity index (χ3v) is 7.06. The van der Waals surface area contributed by atoms with Crippen molar-refractivity contribution in [2.45, 2.75) is 58.0 Å². The Morgan fingerprint density at radius 1 is 1.06 bits per heavy atom. The molecule has 166 valence electrons. The van der Waals surface area contributed by atoms with Crippen LogP contribution in [0.15, 0.2) is 48.5 Å². The van der Waals surface area contributed by atoms with E-state index in [1.165, 1.54) is 11.1 Å². The van der Waals surface area contributed by atoms with Gasteiger partial charge in [-0.2, -0.15) is 0 Å². The third kappa shape index (κ3) is 5.61. The average Bonchev–Trinajstić information content (AvgIpc) is 2.78. The highest BCUT2D eigenvalue weighted by atomic mass is 35.5. The van der Waals surface area contributed by atoms with E-state index in [1.807, 2.05) is 31.2 Å². The van der Waals surface area contributed by atoms with Crippen molar-refractivity contribution in [3.05, 3.63) is 64.7 Å². The number of aryl methyl sites for hydroxylation is 1. The fourth-order valence-electron chi connectivity index (χ4n) is 4.84. The zero-order valence-electron chi connectivity index (χ0n) is 18.4. The molecule has 2 aromatic rings. The molecular weight excluding hydrogens is 408 g/mol. The summed E-state index contributed by atoms with van der Waals surface area (Å²) in [6.45, 7) is 5.35. The van der Waals surface area contributed by atoms with Crippen LogP contribution in [-0.2, 0) is 17.8 Å². The van der Waals surface area contributed by atoms with Crippen molar-refractivity contribution in [2.75, 3.05) is 19.7 Å². The topological polar surface area (TPSA) is 41.6 Å². The van der Waals surface area contributed by atoms with E-state index in [1.54, 1.807) is 0 Å². The first-order valence-electron chi connectivity index (χ1n) is 11.5. The summed E-state index contributed by atoms with van der Waals surface area (Å²) in [7, 11) is 0. The van der Waals surface area contributed by atoms with E-state index in [0.717, 1.165) is 68.9 Å². The molecule has 4 rings (SSSR count). The minimum absolute atomic E-state index is 0.0102. The number of nitrogens with zero attached hydrogens (tertiary/aromatic N) is 1. The van der Waals surface area contributed by atoms with E-state index in [-0.39, 0.29) is 17.4 Å². The van der Waals surface area contributed by atoms with Crippen molar-refractivity contribution < 1.29 is 9.53 Å². The number of fused-ring (bicyclic) bond motifs is 1. The van der Waals surface area contributed by atoms with Crippen LogP contribution in [0.3, 0.4) is 0 Å². The molecule has 2 aliphatic heterocycles. The number of hydrogen-bond donors (Lipinski definition) is 1. The number of hydrogen-bond acceptors (Lipinski definition) is 3. The Morgan fingerprint density at radius 2 is 1.81 bits per heavy atom. The van der Waals surface area contributed by atoms with E-state index in [0.29, 0.717) is 6.61 Å². The van der Waals surface area contributed by atoms with E-state index in [2.05, 4.69) is 34.5 Å². The standard InChI is InChI=1S/C26H33ClN2O2/c1-20-19-31-24-8-3-2-6-22(24)7-4-5-13-26(25(30)28-20)14-16-29(17-15-26)18-21-9-11-23(27)12-10-21/h2-3,6,8-12,20H,4-5,7,13-19H2,1H3,(H,28,30)/t20-/m0/s1. The van der Waals surface area contributed by atoms with Crippen molar-refractivity contribution in [1.82, 2.24) is 10.2 Å². The van der Waals surface area contributed by atoms with Crippen LogP contribution in [0.1, 0.15) is 50.2 Å². The van der Waals surface area contributed by atoms with Gasteiger partial charge in [0, 0.05) is 11.6 Å². The summed E-state index contributed by atoms with van der Waals surface area (Å²) in [5.41, 5.74) is 2.28. The van der Waals surface area contributed by atoms with Gasteiger partial charge in [0.15, 0.2) is 0 Å². The maximum atomic E-state index is 13.4. The minimum atomic E-state index is -0.260. The fraction of sp³-hybridized carbons (Fsp3) is 0.500. The summed E-state index contributed by atoms with van der Waals surface area (Å²) in [6.07, 6.45) is 5.94. The predicted molar refractivity (Wildman–Crippen MR) is 125 cm³/mol. The highest BCUT2D eigenvalue weighted by Gasteiger charge is 2.41. The minimum Gasteiger partial charge on any atom is -0.491 e. The first-order valence-corrected chi connectivity index (χ1v) is 11.9. The smallest absolute Gasteiger partial charge is 0.226 e. The molecule has 2 heterocycles. The maximum absolute atomic E-state index is 13.4. The molecule has 0 saturated carbocycles. The lowest BCUT2D eigenvalue weighted by atomic mass is 9.73. The van der Waals surface area contributed by atoms with Crippen LogP contribution < -0.4 is 10.1 Å². The normalized spacial score (nSPS) is 22.5. The number of nitrogens with one attached hydrogen (secondary N) is 1. The Balaban J connectivity index is 1.41. The Hall–Kier alpha value is -2.04.